The molecule has 0 unspecified atom stereocenters. The van der Waals surface area contributed by atoms with Gasteiger partial charge in [0.2, 0.25) is 0 Å². The minimum absolute atomic E-state index is 0.341. The van der Waals surface area contributed by atoms with Gasteiger partial charge in [0.05, 0.1) is 5.56 Å². The standard InChI is InChI=1S/C14H18N2O2/c1-15(2)6-3-7-16-9-12-5-4-11(14(17)18)8-13(12)10-16/h4-5,8-10H,3,6-7H2,1-2H3,(H,17,18). The molecule has 4 heteroatoms. The predicted molar refractivity (Wildman–Crippen MR) is 72.1 cm³/mol. The van der Waals surface area contributed by atoms with Crippen molar-refractivity contribution >= 4 is 16.7 Å². The average molecular weight is 246 g/mol. The molecule has 0 aliphatic rings. The molecule has 1 heterocycles. The number of carboxylic acids is 1. The summed E-state index contributed by atoms with van der Waals surface area (Å²) in [4.78, 5) is 13.0. The molecule has 0 spiro atoms. The third kappa shape index (κ3) is 2.90. The van der Waals surface area contributed by atoms with Gasteiger partial charge < -0.3 is 14.6 Å². The van der Waals surface area contributed by atoms with Crippen LogP contribution in [-0.2, 0) is 6.54 Å². The molecule has 4 nitrogen and oxygen atoms in total. The maximum Gasteiger partial charge on any atom is 0.335 e. The Morgan fingerprint density at radius 2 is 2.00 bits per heavy atom. The second-order valence-corrected chi connectivity index (χ2v) is 4.80. The van der Waals surface area contributed by atoms with Gasteiger partial charge in [-0.25, -0.2) is 4.79 Å². The van der Waals surface area contributed by atoms with E-state index in [0.717, 1.165) is 30.3 Å². The quantitative estimate of drug-likeness (QED) is 0.880. The third-order valence-electron chi connectivity index (χ3n) is 2.97. The van der Waals surface area contributed by atoms with Gasteiger partial charge in [-0.05, 0) is 44.6 Å². The minimum atomic E-state index is -0.878. The number of aromatic carboxylic acids is 1. The number of carbonyl (C=O) groups is 1. The highest BCUT2D eigenvalue weighted by atomic mass is 16.4. The zero-order valence-corrected chi connectivity index (χ0v) is 10.8. The van der Waals surface area contributed by atoms with Gasteiger partial charge in [0.25, 0.3) is 0 Å². The summed E-state index contributed by atoms with van der Waals surface area (Å²) in [5.74, 6) is -0.878. The number of aryl methyl sites for hydroxylation is 1. The summed E-state index contributed by atoms with van der Waals surface area (Å²) in [6.45, 7) is 2.00. The molecule has 0 radical (unpaired) electrons. The van der Waals surface area contributed by atoms with E-state index in [2.05, 4.69) is 29.8 Å². The van der Waals surface area contributed by atoms with Crippen LogP contribution in [0.4, 0.5) is 0 Å². The number of fused-ring (bicyclic) bond motifs is 1. The molecule has 0 atom stereocenters. The molecule has 0 amide bonds. The van der Waals surface area contributed by atoms with Crippen molar-refractivity contribution in [1.82, 2.24) is 9.47 Å². The Labute approximate surface area is 106 Å². The van der Waals surface area contributed by atoms with Crippen molar-refractivity contribution < 1.29 is 9.90 Å². The second kappa shape index (κ2) is 5.23. The first kappa shape index (κ1) is 12.6. The Kier molecular flexibility index (Phi) is 3.67. The molecule has 0 aliphatic carbocycles. The normalized spacial score (nSPS) is 11.3. The van der Waals surface area contributed by atoms with Crippen molar-refractivity contribution in [3.8, 4) is 0 Å². The summed E-state index contributed by atoms with van der Waals surface area (Å²) >= 11 is 0. The van der Waals surface area contributed by atoms with Crippen LogP contribution in [0.15, 0.2) is 30.6 Å². The van der Waals surface area contributed by atoms with Crippen LogP contribution in [0.25, 0.3) is 10.8 Å². The van der Waals surface area contributed by atoms with E-state index in [9.17, 15) is 4.79 Å². The largest absolute Gasteiger partial charge is 0.478 e. The lowest BCUT2D eigenvalue weighted by Gasteiger charge is -2.09. The number of aromatic nitrogens is 1. The zero-order chi connectivity index (χ0) is 13.1. The topological polar surface area (TPSA) is 45.5 Å². The van der Waals surface area contributed by atoms with Crippen LogP contribution < -0.4 is 0 Å². The molecule has 2 rings (SSSR count). The van der Waals surface area contributed by atoms with Crippen molar-refractivity contribution in [3.63, 3.8) is 0 Å². The van der Waals surface area contributed by atoms with Gasteiger partial charge in [0.15, 0.2) is 0 Å². The molecule has 96 valence electrons. The maximum absolute atomic E-state index is 10.9. The molecule has 18 heavy (non-hydrogen) atoms. The second-order valence-electron chi connectivity index (χ2n) is 4.80. The number of carboxylic acid groups (broad SMARTS) is 1. The van der Waals surface area contributed by atoms with Gasteiger partial charge in [-0.15, -0.1) is 0 Å². The Bertz CT molecular complexity index is 558. The monoisotopic (exact) mass is 246 g/mol. The Morgan fingerprint density at radius 3 is 2.67 bits per heavy atom. The van der Waals surface area contributed by atoms with Gasteiger partial charge in [-0.1, -0.05) is 6.07 Å². The van der Waals surface area contributed by atoms with E-state index in [0.29, 0.717) is 5.56 Å². The smallest absolute Gasteiger partial charge is 0.335 e. The van der Waals surface area contributed by atoms with Crippen LogP contribution in [0.1, 0.15) is 16.8 Å². The maximum atomic E-state index is 10.9. The molecule has 0 bridgehead atoms. The summed E-state index contributed by atoms with van der Waals surface area (Å²) < 4.78 is 2.12. The average Bonchev–Trinajstić information content (AvgIpc) is 2.69. The van der Waals surface area contributed by atoms with Crippen LogP contribution in [-0.4, -0.2) is 41.2 Å². The molecule has 1 aromatic heterocycles. The number of hydrogen-bond donors (Lipinski definition) is 1. The van der Waals surface area contributed by atoms with Gasteiger partial charge in [0.1, 0.15) is 0 Å². The summed E-state index contributed by atoms with van der Waals surface area (Å²) in [6, 6.07) is 5.23. The third-order valence-corrected chi connectivity index (χ3v) is 2.97. The van der Waals surface area contributed by atoms with Gasteiger partial charge in [-0.3, -0.25) is 0 Å². The molecule has 1 N–H and O–H groups in total. The van der Waals surface area contributed by atoms with Gasteiger partial charge >= 0.3 is 5.97 Å². The van der Waals surface area contributed by atoms with Crippen molar-refractivity contribution in [1.29, 1.82) is 0 Å². The van der Waals surface area contributed by atoms with Crippen LogP contribution >= 0.6 is 0 Å². The number of nitrogens with zero attached hydrogens (tertiary/aromatic N) is 2. The van der Waals surface area contributed by atoms with Crippen molar-refractivity contribution in [2.75, 3.05) is 20.6 Å². The van der Waals surface area contributed by atoms with Crippen LogP contribution in [0, 0.1) is 0 Å². The fraction of sp³-hybridized carbons (Fsp3) is 0.357. The van der Waals surface area contributed by atoms with Crippen molar-refractivity contribution in [2.24, 2.45) is 0 Å². The van der Waals surface area contributed by atoms with Crippen molar-refractivity contribution in [2.45, 2.75) is 13.0 Å². The van der Waals surface area contributed by atoms with E-state index in [1.165, 1.54) is 0 Å². The molecule has 0 saturated carbocycles. The van der Waals surface area contributed by atoms with Crippen LogP contribution in [0.5, 0.6) is 0 Å². The molecule has 1 aromatic carbocycles. The lowest BCUT2D eigenvalue weighted by molar-refractivity contribution is 0.0697. The lowest BCUT2D eigenvalue weighted by Crippen LogP contribution is -2.14. The van der Waals surface area contributed by atoms with E-state index in [1.807, 2.05) is 12.3 Å². The molecule has 0 saturated heterocycles. The first-order chi connectivity index (χ1) is 8.56. The van der Waals surface area contributed by atoms with Crippen LogP contribution in [0.3, 0.4) is 0 Å². The fourth-order valence-corrected chi connectivity index (χ4v) is 2.03. The minimum Gasteiger partial charge on any atom is -0.478 e. The highest BCUT2D eigenvalue weighted by Crippen LogP contribution is 2.17. The lowest BCUT2D eigenvalue weighted by atomic mass is 10.1. The fourth-order valence-electron chi connectivity index (χ4n) is 2.03. The molecular formula is C14H18N2O2. The summed E-state index contributed by atoms with van der Waals surface area (Å²) in [5.41, 5.74) is 0.341. The Balaban J connectivity index is 2.14. The highest BCUT2D eigenvalue weighted by molar-refractivity contribution is 5.94. The van der Waals surface area contributed by atoms with E-state index in [-0.39, 0.29) is 0 Å². The van der Waals surface area contributed by atoms with E-state index in [1.54, 1.807) is 12.1 Å². The summed E-state index contributed by atoms with van der Waals surface area (Å²) in [6.07, 6.45) is 5.16. The van der Waals surface area contributed by atoms with E-state index in [4.69, 9.17) is 5.11 Å². The summed E-state index contributed by atoms with van der Waals surface area (Å²) in [5, 5.41) is 11.0. The molecule has 2 aromatic rings. The first-order valence-corrected chi connectivity index (χ1v) is 6.04. The number of benzene rings is 1. The Hall–Kier alpha value is -1.81. The number of hydrogen-bond acceptors (Lipinski definition) is 2. The molecular weight excluding hydrogens is 228 g/mol. The summed E-state index contributed by atoms with van der Waals surface area (Å²) in [7, 11) is 4.12. The van der Waals surface area contributed by atoms with Gasteiger partial charge in [0, 0.05) is 24.3 Å². The Morgan fingerprint density at radius 1 is 1.28 bits per heavy atom. The zero-order valence-electron chi connectivity index (χ0n) is 10.8. The predicted octanol–water partition coefficient (Wildman–Crippen LogP) is 2.29. The van der Waals surface area contributed by atoms with Crippen molar-refractivity contribution in [3.05, 3.63) is 36.2 Å². The van der Waals surface area contributed by atoms with E-state index >= 15 is 0 Å². The first-order valence-electron chi connectivity index (χ1n) is 6.04. The molecule has 0 aliphatic heterocycles. The SMILES string of the molecule is CN(C)CCCn1cc2ccc(C(=O)O)cc2c1. The van der Waals surface area contributed by atoms with Gasteiger partial charge in [-0.2, -0.15) is 0 Å². The number of rotatable bonds is 5. The molecule has 0 fully saturated rings. The van der Waals surface area contributed by atoms with Crippen LogP contribution in [0.2, 0.25) is 0 Å². The van der Waals surface area contributed by atoms with E-state index < -0.39 is 5.97 Å². The highest BCUT2D eigenvalue weighted by Gasteiger charge is 2.05.